The molecule has 1 aromatic rings. The predicted molar refractivity (Wildman–Crippen MR) is 42.5 cm³/mol. The third-order valence-corrected chi connectivity index (χ3v) is 1.36. The molecule has 0 aliphatic heterocycles. The third-order valence-electron chi connectivity index (χ3n) is 1.36. The average Bonchev–Trinajstić information content (AvgIpc) is 2.05. The first-order valence-electron chi connectivity index (χ1n) is 3.37. The highest BCUT2D eigenvalue weighted by Crippen LogP contribution is 2.12. The summed E-state index contributed by atoms with van der Waals surface area (Å²) >= 11 is 0. The van der Waals surface area contributed by atoms with Crippen LogP contribution in [-0.2, 0) is 0 Å². The lowest BCUT2D eigenvalue weighted by Crippen LogP contribution is -1.89. The van der Waals surface area contributed by atoms with Crippen molar-refractivity contribution in [1.82, 2.24) is 0 Å². The third kappa shape index (κ3) is 1.80. The number of benzene rings is 1. The fourth-order valence-corrected chi connectivity index (χ4v) is 0.845. The van der Waals surface area contributed by atoms with Gasteiger partial charge in [0.2, 0.25) is 5.69 Å². The SMILES string of the molecule is Cc1cccc([N+]([O-])=NC#N)c1. The van der Waals surface area contributed by atoms with E-state index in [1.165, 1.54) is 6.19 Å². The molecule has 12 heavy (non-hydrogen) atoms. The Bertz CT molecular complexity index is 352. The van der Waals surface area contributed by atoms with Crippen LogP contribution in [0.5, 0.6) is 0 Å². The number of hydrogen-bond donors (Lipinski definition) is 0. The van der Waals surface area contributed by atoms with E-state index in [0.29, 0.717) is 10.5 Å². The summed E-state index contributed by atoms with van der Waals surface area (Å²) in [5, 5.41) is 22.1. The molecule has 0 aliphatic carbocycles. The molecule has 0 spiro atoms. The molecule has 0 unspecified atom stereocenters. The largest absolute Gasteiger partial charge is 0.593 e. The van der Waals surface area contributed by atoms with E-state index in [9.17, 15) is 5.21 Å². The molecule has 0 atom stereocenters. The second-order valence-corrected chi connectivity index (χ2v) is 2.31. The minimum Gasteiger partial charge on any atom is -0.593 e. The molecular formula is C8H7N3O. The lowest BCUT2D eigenvalue weighted by atomic mass is 10.2. The number of hydrogen-bond acceptors (Lipinski definition) is 3. The van der Waals surface area contributed by atoms with Crippen LogP contribution in [0.15, 0.2) is 29.4 Å². The molecule has 0 aliphatic rings. The zero-order valence-electron chi connectivity index (χ0n) is 6.56. The van der Waals surface area contributed by atoms with Crippen molar-refractivity contribution in [1.29, 1.82) is 5.26 Å². The van der Waals surface area contributed by atoms with Crippen LogP contribution < -0.4 is 0 Å². The summed E-state index contributed by atoms with van der Waals surface area (Å²) in [6, 6.07) is 6.86. The summed E-state index contributed by atoms with van der Waals surface area (Å²) in [4.78, 5) is 0.299. The van der Waals surface area contributed by atoms with Crippen molar-refractivity contribution >= 4 is 5.69 Å². The number of nitrogens with zero attached hydrogens (tertiary/aromatic N) is 3. The Morgan fingerprint density at radius 1 is 1.58 bits per heavy atom. The molecule has 1 rings (SSSR count). The summed E-state index contributed by atoms with van der Waals surface area (Å²) < 4.78 is 0. The van der Waals surface area contributed by atoms with Crippen LogP contribution in [0, 0.1) is 23.6 Å². The van der Waals surface area contributed by atoms with Gasteiger partial charge in [0.15, 0.2) is 0 Å². The molecule has 0 bridgehead atoms. The molecule has 4 heteroatoms. The van der Waals surface area contributed by atoms with E-state index < -0.39 is 0 Å². The van der Waals surface area contributed by atoms with Gasteiger partial charge in [-0.25, -0.2) is 0 Å². The fraction of sp³-hybridized carbons (Fsp3) is 0.125. The van der Waals surface area contributed by atoms with Crippen molar-refractivity contribution in [3.05, 3.63) is 35.0 Å². The Morgan fingerprint density at radius 2 is 2.33 bits per heavy atom. The highest BCUT2D eigenvalue weighted by molar-refractivity contribution is 5.33. The number of nitriles is 1. The van der Waals surface area contributed by atoms with Gasteiger partial charge in [0.1, 0.15) is 0 Å². The first kappa shape index (κ1) is 8.21. The molecule has 4 nitrogen and oxygen atoms in total. The van der Waals surface area contributed by atoms with E-state index in [4.69, 9.17) is 5.26 Å². The van der Waals surface area contributed by atoms with Gasteiger partial charge in [-0.3, -0.25) is 0 Å². The van der Waals surface area contributed by atoms with Crippen LogP contribution in [0.2, 0.25) is 0 Å². The van der Waals surface area contributed by atoms with Crippen LogP contribution in [-0.4, -0.2) is 4.86 Å². The zero-order valence-corrected chi connectivity index (χ0v) is 6.56. The van der Waals surface area contributed by atoms with Crippen molar-refractivity contribution in [2.24, 2.45) is 5.11 Å². The Hall–Kier alpha value is -1.89. The van der Waals surface area contributed by atoms with Crippen molar-refractivity contribution in [2.45, 2.75) is 6.92 Å². The maximum atomic E-state index is 10.9. The number of azo groups is 1. The van der Waals surface area contributed by atoms with E-state index in [1.807, 2.05) is 13.0 Å². The van der Waals surface area contributed by atoms with E-state index in [1.54, 1.807) is 18.2 Å². The van der Waals surface area contributed by atoms with Crippen LogP contribution in [0.3, 0.4) is 0 Å². The van der Waals surface area contributed by atoms with Gasteiger partial charge in [-0.2, -0.15) is 5.26 Å². The maximum absolute atomic E-state index is 10.9. The Morgan fingerprint density at radius 3 is 2.92 bits per heavy atom. The van der Waals surface area contributed by atoms with Crippen molar-refractivity contribution in [2.75, 3.05) is 0 Å². The minimum absolute atomic E-state index is 0.299. The number of rotatable bonds is 1. The monoisotopic (exact) mass is 161 g/mol. The van der Waals surface area contributed by atoms with Gasteiger partial charge in [-0.05, 0) is 17.3 Å². The van der Waals surface area contributed by atoms with Crippen molar-refractivity contribution in [3.8, 4) is 6.19 Å². The Labute approximate surface area is 70.0 Å². The second kappa shape index (κ2) is 3.49. The standard InChI is InChI=1S/C8H7N3O/c1-7-3-2-4-8(5-7)11(12)10-6-9/h2-5H,1H3. The molecular weight excluding hydrogens is 154 g/mol. The Balaban J connectivity index is 3.05. The first-order valence-corrected chi connectivity index (χ1v) is 3.37. The molecule has 0 saturated carbocycles. The molecule has 60 valence electrons. The molecule has 0 heterocycles. The average molecular weight is 161 g/mol. The van der Waals surface area contributed by atoms with Crippen molar-refractivity contribution < 1.29 is 4.86 Å². The predicted octanol–water partition coefficient (Wildman–Crippen LogP) is 2.07. The van der Waals surface area contributed by atoms with Crippen LogP contribution in [0.1, 0.15) is 5.56 Å². The highest BCUT2D eigenvalue weighted by Gasteiger charge is 2.01. The maximum Gasteiger partial charge on any atom is 0.274 e. The van der Waals surface area contributed by atoms with Gasteiger partial charge in [0.05, 0.1) is 5.11 Å². The molecule has 0 radical (unpaired) electrons. The lowest BCUT2D eigenvalue weighted by Gasteiger charge is -1.96. The van der Waals surface area contributed by atoms with E-state index >= 15 is 0 Å². The van der Waals surface area contributed by atoms with E-state index in [0.717, 1.165) is 5.56 Å². The smallest absolute Gasteiger partial charge is 0.274 e. The summed E-state index contributed by atoms with van der Waals surface area (Å²) in [5.41, 5.74) is 1.33. The van der Waals surface area contributed by atoms with Crippen LogP contribution in [0.25, 0.3) is 0 Å². The normalized spacial score (nSPS) is 10.8. The summed E-state index contributed by atoms with van der Waals surface area (Å²) in [5.74, 6) is 0. The van der Waals surface area contributed by atoms with Crippen molar-refractivity contribution in [3.63, 3.8) is 0 Å². The summed E-state index contributed by atoms with van der Waals surface area (Å²) in [7, 11) is 0. The van der Waals surface area contributed by atoms with Gasteiger partial charge in [0.25, 0.3) is 6.19 Å². The quantitative estimate of drug-likeness (QED) is 0.274. The minimum atomic E-state index is 0.299. The van der Waals surface area contributed by atoms with Gasteiger partial charge in [0, 0.05) is 12.1 Å². The summed E-state index contributed by atoms with van der Waals surface area (Å²) in [6.45, 7) is 1.86. The topological polar surface area (TPSA) is 62.2 Å². The van der Waals surface area contributed by atoms with Crippen LogP contribution >= 0.6 is 0 Å². The molecule has 0 amide bonds. The van der Waals surface area contributed by atoms with Gasteiger partial charge in [-0.15, -0.1) is 0 Å². The van der Waals surface area contributed by atoms with E-state index in [2.05, 4.69) is 5.11 Å². The molecule has 1 aromatic carbocycles. The van der Waals surface area contributed by atoms with Gasteiger partial charge < -0.3 is 5.21 Å². The molecule has 0 aromatic heterocycles. The second-order valence-electron chi connectivity index (χ2n) is 2.31. The fourth-order valence-electron chi connectivity index (χ4n) is 0.845. The highest BCUT2D eigenvalue weighted by atomic mass is 16.5. The first-order chi connectivity index (χ1) is 5.74. The number of aryl methyl sites for hydroxylation is 1. The van der Waals surface area contributed by atoms with Crippen LogP contribution in [0.4, 0.5) is 5.69 Å². The molecule has 0 saturated heterocycles. The lowest BCUT2D eigenvalue weighted by molar-refractivity contribution is -0.435. The van der Waals surface area contributed by atoms with E-state index in [-0.39, 0.29) is 0 Å². The van der Waals surface area contributed by atoms with Gasteiger partial charge >= 0.3 is 0 Å². The van der Waals surface area contributed by atoms with Gasteiger partial charge in [-0.1, -0.05) is 12.1 Å². The molecule has 0 fully saturated rings. The summed E-state index contributed by atoms with van der Waals surface area (Å²) in [6.07, 6.45) is 1.42. The zero-order chi connectivity index (χ0) is 8.97. The molecule has 0 N–H and O–H groups in total. The Kier molecular flexibility index (Phi) is 2.38.